The van der Waals surface area contributed by atoms with Crippen molar-refractivity contribution < 1.29 is 17.9 Å². The van der Waals surface area contributed by atoms with E-state index >= 15 is 0 Å². The Morgan fingerprint density at radius 2 is 1.71 bits per heavy atom. The SMILES string of the molecule is CC1(C)OC(=NC23CC4CC2CC(C(N)=O)(C4)C3)NS(=O)(=O)[C@H]1c1ccc(-c2ccccc2)cc1. The molecular formula is C27H31N3O4S. The zero-order chi connectivity index (χ0) is 24.6. The predicted octanol–water partition coefficient (Wildman–Crippen LogP) is 3.91. The minimum atomic E-state index is -3.82. The van der Waals surface area contributed by atoms with Crippen LogP contribution in [0.15, 0.2) is 59.6 Å². The summed E-state index contributed by atoms with van der Waals surface area (Å²) >= 11 is 0. The molecule has 1 aliphatic heterocycles. The second-order valence-electron chi connectivity index (χ2n) is 11.5. The lowest BCUT2D eigenvalue weighted by Crippen LogP contribution is -2.54. The third kappa shape index (κ3) is 3.48. The smallest absolute Gasteiger partial charge is 0.299 e. The zero-order valence-electron chi connectivity index (χ0n) is 20.0. The third-order valence-electron chi connectivity index (χ3n) is 8.68. The number of nitrogens with one attached hydrogen (secondary N) is 1. The molecule has 4 aliphatic carbocycles. The molecule has 5 fully saturated rings. The second kappa shape index (κ2) is 7.32. The maximum absolute atomic E-state index is 13.5. The van der Waals surface area contributed by atoms with Crippen LogP contribution in [0, 0.1) is 17.3 Å². The van der Waals surface area contributed by atoms with Crippen molar-refractivity contribution in [3.05, 3.63) is 60.2 Å². The molecule has 4 unspecified atom stereocenters. The molecular weight excluding hydrogens is 462 g/mol. The topological polar surface area (TPSA) is 111 Å². The van der Waals surface area contributed by atoms with Gasteiger partial charge in [0.1, 0.15) is 10.9 Å². The largest absolute Gasteiger partial charge is 0.457 e. The monoisotopic (exact) mass is 493 g/mol. The number of aliphatic imine (C=N–C) groups is 1. The fraction of sp³-hybridized carbons (Fsp3) is 0.481. The van der Waals surface area contributed by atoms with E-state index in [4.69, 9.17) is 15.5 Å². The van der Waals surface area contributed by atoms with E-state index in [9.17, 15) is 13.2 Å². The number of hydrogen-bond acceptors (Lipinski definition) is 5. The number of hydrogen-bond donors (Lipinski definition) is 2. The number of rotatable bonds is 4. The Labute approximate surface area is 206 Å². The van der Waals surface area contributed by atoms with Crippen LogP contribution in [0.2, 0.25) is 0 Å². The number of ether oxygens (including phenoxy) is 1. The second-order valence-corrected chi connectivity index (χ2v) is 13.2. The molecule has 0 radical (unpaired) electrons. The molecule has 4 bridgehead atoms. The molecule has 1 heterocycles. The van der Waals surface area contributed by atoms with Crippen LogP contribution in [-0.4, -0.2) is 31.5 Å². The fourth-order valence-corrected chi connectivity index (χ4v) is 9.27. The molecule has 8 heteroatoms. The van der Waals surface area contributed by atoms with Gasteiger partial charge in [0, 0.05) is 0 Å². The number of carbonyl (C=O) groups excluding carboxylic acids is 1. The number of carbonyl (C=O) groups is 1. The molecule has 2 aromatic carbocycles. The quantitative estimate of drug-likeness (QED) is 0.673. The van der Waals surface area contributed by atoms with E-state index in [0.717, 1.165) is 36.8 Å². The Morgan fingerprint density at radius 3 is 2.37 bits per heavy atom. The van der Waals surface area contributed by atoms with Crippen LogP contribution in [0.3, 0.4) is 0 Å². The minimum Gasteiger partial charge on any atom is -0.457 e. The Bertz CT molecular complexity index is 1320. The summed E-state index contributed by atoms with van der Waals surface area (Å²) in [5.74, 6) is 0.391. The van der Waals surface area contributed by atoms with Crippen LogP contribution in [-0.2, 0) is 19.6 Å². The molecule has 0 spiro atoms. The van der Waals surface area contributed by atoms with Gasteiger partial charge in [0.25, 0.3) is 6.02 Å². The van der Waals surface area contributed by atoms with Crippen LogP contribution < -0.4 is 10.5 Å². The van der Waals surface area contributed by atoms with E-state index in [1.807, 2.05) is 54.6 Å². The summed E-state index contributed by atoms with van der Waals surface area (Å²) in [5.41, 5.74) is 6.53. The summed E-state index contributed by atoms with van der Waals surface area (Å²) < 4.78 is 35.9. The van der Waals surface area contributed by atoms with Crippen molar-refractivity contribution in [2.75, 3.05) is 0 Å². The standard InChI is InChI=1S/C27H31N3O4S/c1-25(2)22(20-10-8-19(9-11-20)18-6-4-3-5-7-18)35(32,33)30-24(34-25)29-27-14-17-12-21(27)15-26(13-17,16-27)23(28)31/h3-11,17,21-22H,12-16H2,1-2H3,(H2,28,31)(H,29,30)/t17?,21?,22-,26?,27?/m0/s1. The first-order chi connectivity index (χ1) is 16.5. The van der Waals surface area contributed by atoms with Gasteiger partial charge in [0.15, 0.2) is 0 Å². The van der Waals surface area contributed by atoms with Crippen LogP contribution >= 0.6 is 0 Å². The Morgan fingerprint density at radius 1 is 1.03 bits per heavy atom. The Hall–Kier alpha value is -2.87. The molecule has 7 nitrogen and oxygen atoms in total. The van der Waals surface area contributed by atoms with E-state index in [-0.39, 0.29) is 17.8 Å². The molecule has 1 saturated heterocycles. The maximum Gasteiger partial charge on any atom is 0.299 e. The van der Waals surface area contributed by atoms with E-state index in [2.05, 4.69) is 4.72 Å². The molecule has 5 atom stereocenters. The van der Waals surface area contributed by atoms with Crippen LogP contribution in [0.1, 0.15) is 56.8 Å². The molecule has 7 rings (SSSR count). The number of primary amides is 1. The number of nitrogens with zero attached hydrogens (tertiary/aromatic N) is 1. The third-order valence-corrected chi connectivity index (χ3v) is 10.6. The molecule has 0 aromatic heterocycles. The van der Waals surface area contributed by atoms with Crippen molar-refractivity contribution in [2.24, 2.45) is 28.0 Å². The van der Waals surface area contributed by atoms with Crippen molar-refractivity contribution in [1.82, 2.24) is 4.72 Å². The Balaban J connectivity index is 1.30. The van der Waals surface area contributed by atoms with Crippen molar-refractivity contribution in [3.63, 3.8) is 0 Å². The van der Waals surface area contributed by atoms with Gasteiger partial charge in [0.2, 0.25) is 15.9 Å². The van der Waals surface area contributed by atoms with E-state index < -0.39 is 31.8 Å². The fourth-order valence-electron chi connectivity index (χ4n) is 7.51. The van der Waals surface area contributed by atoms with Gasteiger partial charge in [-0.05, 0) is 74.5 Å². The minimum absolute atomic E-state index is 0.0416. The highest BCUT2D eigenvalue weighted by molar-refractivity contribution is 7.90. The number of nitrogens with two attached hydrogens (primary N) is 1. The lowest BCUT2D eigenvalue weighted by atomic mass is 9.68. The highest BCUT2D eigenvalue weighted by atomic mass is 32.2. The first-order valence-electron chi connectivity index (χ1n) is 12.3. The lowest BCUT2D eigenvalue weighted by Gasteiger charge is -2.41. The van der Waals surface area contributed by atoms with Gasteiger partial charge in [-0.25, -0.2) is 18.1 Å². The van der Waals surface area contributed by atoms with Gasteiger partial charge >= 0.3 is 0 Å². The number of amides is 1. The average Bonchev–Trinajstić information content (AvgIpc) is 3.14. The predicted molar refractivity (Wildman–Crippen MR) is 134 cm³/mol. The summed E-state index contributed by atoms with van der Waals surface area (Å²) in [7, 11) is -3.82. The van der Waals surface area contributed by atoms with Crippen LogP contribution in [0.25, 0.3) is 11.1 Å². The van der Waals surface area contributed by atoms with Crippen molar-refractivity contribution >= 4 is 22.0 Å². The van der Waals surface area contributed by atoms with Crippen molar-refractivity contribution in [2.45, 2.75) is 62.3 Å². The number of benzene rings is 2. The molecule has 3 N–H and O–H groups in total. The van der Waals surface area contributed by atoms with Crippen LogP contribution in [0.4, 0.5) is 0 Å². The summed E-state index contributed by atoms with van der Waals surface area (Å²) in [4.78, 5) is 17.2. The first-order valence-corrected chi connectivity index (χ1v) is 13.8. The average molecular weight is 494 g/mol. The van der Waals surface area contributed by atoms with Gasteiger partial charge in [-0.2, -0.15) is 0 Å². The van der Waals surface area contributed by atoms with Gasteiger partial charge in [-0.1, -0.05) is 54.6 Å². The van der Waals surface area contributed by atoms with Gasteiger partial charge < -0.3 is 10.5 Å². The molecule has 2 aromatic rings. The van der Waals surface area contributed by atoms with Gasteiger partial charge in [-0.3, -0.25) is 4.79 Å². The summed E-state index contributed by atoms with van der Waals surface area (Å²) in [6.07, 6.45) is 4.01. The van der Waals surface area contributed by atoms with Gasteiger partial charge in [0.05, 0.1) is 11.0 Å². The normalized spacial score (nSPS) is 37.1. The number of sulfonamides is 1. The molecule has 4 saturated carbocycles. The highest BCUT2D eigenvalue weighted by Crippen LogP contribution is 2.67. The van der Waals surface area contributed by atoms with Crippen molar-refractivity contribution in [3.8, 4) is 11.1 Å². The Kier molecular flexibility index (Phi) is 4.72. The lowest BCUT2D eigenvalue weighted by molar-refractivity contribution is -0.130. The zero-order valence-corrected chi connectivity index (χ0v) is 20.8. The molecule has 184 valence electrons. The summed E-state index contributed by atoms with van der Waals surface area (Å²) in [6.45, 7) is 3.58. The van der Waals surface area contributed by atoms with Crippen molar-refractivity contribution in [1.29, 1.82) is 0 Å². The maximum atomic E-state index is 13.5. The first kappa shape index (κ1) is 22.6. The van der Waals surface area contributed by atoms with E-state index in [1.54, 1.807) is 13.8 Å². The molecule has 35 heavy (non-hydrogen) atoms. The van der Waals surface area contributed by atoms with Crippen LogP contribution in [0.5, 0.6) is 0 Å². The van der Waals surface area contributed by atoms with E-state index in [1.165, 1.54) is 0 Å². The summed E-state index contributed by atoms with van der Waals surface area (Å²) in [6, 6.07) is 17.6. The molecule has 5 aliphatic rings. The van der Waals surface area contributed by atoms with Gasteiger partial charge in [-0.15, -0.1) is 0 Å². The summed E-state index contributed by atoms with van der Waals surface area (Å²) in [5, 5.41) is -0.899. The highest BCUT2D eigenvalue weighted by Gasteiger charge is 2.67. The number of amidine groups is 1. The van der Waals surface area contributed by atoms with E-state index in [0.29, 0.717) is 17.9 Å². The molecule has 1 amide bonds.